The van der Waals surface area contributed by atoms with Crippen molar-refractivity contribution in [1.82, 2.24) is 15.5 Å². The molecule has 2 aromatic rings. The number of benzene rings is 2. The van der Waals surface area contributed by atoms with Crippen molar-refractivity contribution in [3.63, 3.8) is 0 Å². The van der Waals surface area contributed by atoms with Gasteiger partial charge in [0.05, 0.1) is 10.6 Å². The first-order valence-corrected chi connectivity index (χ1v) is 13.5. The SMILES string of the molecule is CCS(=O)(=O)c1ccc(Cl)cc1CNC(=O)c1ccc(CN2CCC(NC(C)=O)C2)c(Br)c1. The molecule has 1 aliphatic rings. The Morgan fingerprint density at radius 3 is 2.61 bits per heavy atom. The van der Waals surface area contributed by atoms with E-state index in [-0.39, 0.29) is 35.0 Å². The Morgan fingerprint density at radius 2 is 1.94 bits per heavy atom. The highest BCUT2D eigenvalue weighted by molar-refractivity contribution is 9.10. The van der Waals surface area contributed by atoms with Gasteiger partial charge < -0.3 is 10.6 Å². The van der Waals surface area contributed by atoms with Crippen LogP contribution in [0.5, 0.6) is 0 Å². The second-order valence-corrected chi connectivity index (χ2v) is 11.6. The summed E-state index contributed by atoms with van der Waals surface area (Å²) in [5, 5.41) is 6.15. The Labute approximate surface area is 207 Å². The summed E-state index contributed by atoms with van der Waals surface area (Å²) in [5.41, 5.74) is 1.96. The van der Waals surface area contributed by atoms with Crippen LogP contribution in [-0.4, -0.2) is 50.0 Å². The second-order valence-electron chi connectivity index (χ2n) is 8.07. The van der Waals surface area contributed by atoms with Crippen LogP contribution >= 0.6 is 27.5 Å². The van der Waals surface area contributed by atoms with E-state index in [0.717, 1.165) is 29.5 Å². The first-order chi connectivity index (χ1) is 15.6. The lowest BCUT2D eigenvalue weighted by Gasteiger charge is -2.18. The Kier molecular flexibility index (Phi) is 8.55. The molecule has 1 heterocycles. The number of hydrogen-bond donors (Lipinski definition) is 2. The van der Waals surface area contributed by atoms with Crippen molar-refractivity contribution < 1.29 is 18.0 Å². The van der Waals surface area contributed by atoms with Gasteiger partial charge in [0, 0.05) is 54.2 Å². The van der Waals surface area contributed by atoms with E-state index in [2.05, 4.69) is 31.5 Å². The number of carbonyl (C=O) groups excluding carboxylic acids is 2. The van der Waals surface area contributed by atoms with E-state index in [0.29, 0.717) is 22.7 Å². The first kappa shape index (κ1) is 25.7. The number of rotatable bonds is 8. The number of amides is 2. The van der Waals surface area contributed by atoms with Crippen LogP contribution in [0.1, 0.15) is 41.8 Å². The van der Waals surface area contributed by atoms with E-state index in [4.69, 9.17) is 11.6 Å². The van der Waals surface area contributed by atoms with Gasteiger partial charge >= 0.3 is 0 Å². The number of hydrogen-bond acceptors (Lipinski definition) is 5. The number of likely N-dealkylation sites (tertiary alicyclic amines) is 1. The van der Waals surface area contributed by atoms with Gasteiger partial charge in [0.2, 0.25) is 5.91 Å². The molecule has 0 aromatic heterocycles. The van der Waals surface area contributed by atoms with Gasteiger partial charge in [-0.15, -0.1) is 0 Å². The predicted octanol–water partition coefficient (Wildman–Crippen LogP) is 3.54. The summed E-state index contributed by atoms with van der Waals surface area (Å²) in [6.45, 7) is 5.54. The highest BCUT2D eigenvalue weighted by Gasteiger charge is 2.23. The lowest BCUT2D eigenvalue weighted by Crippen LogP contribution is -2.35. The van der Waals surface area contributed by atoms with E-state index < -0.39 is 9.84 Å². The van der Waals surface area contributed by atoms with E-state index >= 15 is 0 Å². The first-order valence-electron chi connectivity index (χ1n) is 10.7. The molecular formula is C23H27BrClN3O4S. The van der Waals surface area contributed by atoms with E-state index in [9.17, 15) is 18.0 Å². The highest BCUT2D eigenvalue weighted by atomic mass is 79.9. The summed E-state index contributed by atoms with van der Waals surface area (Å²) < 4.78 is 25.5. The molecule has 2 aromatic carbocycles. The van der Waals surface area contributed by atoms with E-state index in [1.807, 2.05) is 6.07 Å². The van der Waals surface area contributed by atoms with Gasteiger partial charge in [-0.1, -0.05) is 40.5 Å². The van der Waals surface area contributed by atoms with Gasteiger partial charge in [0.15, 0.2) is 9.84 Å². The summed E-state index contributed by atoms with van der Waals surface area (Å²) in [4.78, 5) is 26.4. The van der Waals surface area contributed by atoms with Crippen LogP contribution in [0.15, 0.2) is 45.8 Å². The van der Waals surface area contributed by atoms with Crippen LogP contribution in [0, 0.1) is 0 Å². The van der Waals surface area contributed by atoms with Gasteiger partial charge in [-0.3, -0.25) is 14.5 Å². The number of halogens is 2. The fourth-order valence-electron chi connectivity index (χ4n) is 3.86. The molecule has 7 nitrogen and oxygen atoms in total. The molecule has 3 rings (SSSR count). The van der Waals surface area contributed by atoms with Crippen LogP contribution in [0.4, 0.5) is 0 Å². The molecule has 0 bridgehead atoms. The molecule has 178 valence electrons. The van der Waals surface area contributed by atoms with E-state index in [1.54, 1.807) is 25.1 Å². The van der Waals surface area contributed by atoms with Crippen LogP contribution < -0.4 is 10.6 Å². The predicted molar refractivity (Wildman–Crippen MR) is 132 cm³/mol. The molecule has 1 unspecified atom stereocenters. The Hall–Kier alpha value is -1.94. The summed E-state index contributed by atoms with van der Waals surface area (Å²) in [7, 11) is -3.44. The maximum atomic E-state index is 12.7. The molecule has 0 spiro atoms. The molecule has 0 radical (unpaired) electrons. The van der Waals surface area contributed by atoms with Crippen molar-refractivity contribution in [3.8, 4) is 0 Å². The van der Waals surface area contributed by atoms with E-state index in [1.165, 1.54) is 19.1 Å². The average Bonchev–Trinajstić information content (AvgIpc) is 3.19. The zero-order chi connectivity index (χ0) is 24.2. The maximum absolute atomic E-state index is 12.7. The molecule has 1 saturated heterocycles. The maximum Gasteiger partial charge on any atom is 0.251 e. The molecule has 1 aliphatic heterocycles. The summed E-state index contributed by atoms with van der Waals surface area (Å²) in [5.74, 6) is -0.364. The molecule has 2 amide bonds. The topological polar surface area (TPSA) is 95.6 Å². The summed E-state index contributed by atoms with van der Waals surface area (Å²) in [6.07, 6.45) is 0.914. The van der Waals surface area contributed by atoms with Gasteiger partial charge in [0.1, 0.15) is 0 Å². The monoisotopic (exact) mass is 555 g/mol. The third-order valence-corrected chi connectivity index (χ3v) is 8.37. The molecule has 2 N–H and O–H groups in total. The minimum atomic E-state index is -3.44. The molecule has 0 aliphatic carbocycles. The minimum Gasteiger partial charge on any atom is -0.352 e. The largest absolute Gasteiger partial charge is 0.352 e. The number of carbonyl (C=O) groups is 2. The minimum absolute atomic E-state index is 0.0180. The van der Waals surface area contributed by atoms with Crippen molar-refractivity contribution in [2.75, 3.05) is 18.8 Å². The highest BCUT2D eigenvalue weighted by Crippen LogP contribution is 2.24. The zero-order valence-corrected chi connectivity index (χ0v) is 21.7. The van der Waals surface area contributed by atoms with Gasteiger partial charge in [0.25, 0.3) is 5.91 Å². The van der Waals surface area contributed by atoms with Crippen molar-refractivity contribution in [3.05, 3.63) is 62.6 Å². The van der Waals surface area contributed by atoms with Gasteiger partial charge in [-0.2, -0.15) is 0 Å². The van der Waals surface area contributed by atoms with Crippen LogP contribution in [0.2, 0.25) is 5.02 Å². The normalized spacial score (nSPS) is 16.5. The van der Waals surface area contributed by atoms with Crippen LogP contribution in [0.3, 0.4) is 0 Å². The molecule has 33 heavy (non-hydrogen) atoms. The third kappa shape index (κ3) is 6.79. The summed E-state index contributed by atoms with van der Waals surface area (Å²) in [6, 6.07) is 10.1. The number of sulfone groups is 1. The van der Waals surface area contributed by atoms with Crippen molar-refractivity contribution in [1.29, 1.82) is 0 Å². The fourth-order valence-corrected chi connectivity index (χ4v) is 5.68. The van der Waals surface area contributed by atoms with Crippen LogP contribution in [-0.2, 0) is 27.7 Å². The van der Waals surface area contributed by atoms with Crippen molar-refractivity contribution in [2.45, 2.75) is 44.3 Å². The van der Waals surface area contributed by atoms with Crippen LogP contribution in [0.25, 0.3) is 0 Å². The fraction of sp³-hybridized carbons (Fsp3) is 0.391. The number of nitrogens with zero attached hydrogens (tertiary/aromatic N) is 1. The summed E-state index contributed by atoms with van der Waals surface area (Å²) >= 11 is 9.60. The standard InChI is InChI=1S/C23H27BrClN3O4S/c1-3-33(31,32)22-7-6-19(25)10-18(22)12-26-23(30)16-4-5-17(21(24)11-16)13-28-9-8-20(14-28)27-15(2)29/h4-7,10-11,20H,3,8-9,12-14H2,1-2H3,(H,26,30)(H,27,29). The third-order valence-electron chi connectivity index (χ3n) is 5.57. The molecule has 1 fully saturated rings. The van der Waals surface area contributed by atoms with Gasteiger partial charge in [-0.25, -0.2) is 8.42 Å². The molecule has 0 saturated carbocycles. The second kappa shape index (κ2) is 11.0. The molecular weight excluding hydrogens is 530 g/mol. The van der Waals surface area contributed by atoms with Gasteiger partial charge in [-0.05, 0) is 47.9 Å². The Morgan fingerprint density at radius 1 is 1.18 bits per heavy atom. The average molecular weight is 557 g/mol. The number of nitrogens with one attached hydrogen (secondary N) is 2. The smallest absolute Gasteiger partial charge is 0.251 e. The lowest BCUT2D eigenvalue weighted by atomic mass is 10.1. The quantitative estimate of drug-likeness (QED) is 0.519. The van der Waals surface area contributed by atoms with Crippen molar-refractivity contribution >= 4 is 49.2 Å². The zero-order valence-electron chi connectivity index (χ0n) is 18.5. The lowest BCUT2D eigenvalue weighted by molar-refractivity contribution is -0.119. The van der Waals surface area contributed by atoms with Crippen molar-refractivity contribution in [2.24, 2.45) is 0 Å². The Bertz CT molecular complexity index is 1160. The molecule has 10 heteroatoms. The Balaban J connectivity index is 1.65. The molecule has 1 atom stereocenters.